The number of nitrogens with one attached hydrogen (secondary N) is 2. The smallest absolute Gasteiger partial charge is 0.343 e. The van der Waals surface area contributed by atoms with Gasteiger partial charge in [-0.2, -0.15) is 13.2 Å². The summed E-state index contributed by atoms with van der Waals surface area (Å²) in [6.45, 7) is 0.234. The summed E-state index contributed by atoms with van der Waals surface area (Å²) < 4.78 is 36.6. The van der Waals surface area contributed by atoms with E-state index in [-0.39, 0.29) is 21.8 Å². The minimum atomic E-state index is -4.51. The Hall–Kier alpha value is -2.25. The summed E-state index contributed by atoms with van der Waals surface area (Å²) in [4.78, 5) is 24.2. The lowest BCUT2D eigenvalue weighted by Crippen LogP contribution is -2.33. The van der Waals surface area contributed by atoms with Gasteiger partial charge in [-0.1, -0.05) is 29.3 Å². The molecule has 0 spiro atoms. The molecule has 2 amide bonds. The molecule has 2 N–H and O–H groups in total. The van der Waals surface area contributed by atoms with E-state index in [9.17, 15) is 22.8 Å². The molecule has 138 valence electrons. The van der Waals surface area contributed by atoms with Crippen LogP contribution in [0.5, 0.6) is 0 Å². The van der Waals surface area contributed by atoms with Crippen LogP contribution >= 0.6 is 23.2 Å². The average molecular weight is 405 g/mol. The van der Waals surface area contributed by atoms with E-state index >= 15 is 0 Å². The van der Waals surface area contributed by atoms with E-state index in [0.29, 0.717) is 10.6 Å². The molecule has 0 bridgehead atoms. The molecule has 0 unspecified atom stereocenters. The number of alkyl halides is 3. The van der Waals surface area contributed by atoms with Crippen LogP contribution in [0, 0.1) is 6.92 Å². The van der Waals surface area contributed by atoms with Crippen molar-refractivity contribution in [1.82, 2.24) is 5.32 Å². The fraction of sp³-hybridized carbons (Fsp3) is 0.176. The number of hydrogen-bond acceptors (Lipinski definition) is 2. The molecule has 0 aliphatic rings. The first-order chi connectivity index (χ1) is 12.1. The van der Waals surface area contributed by atoms with Gasteiger partial charge in [-0.25, -0.2) is 0 Å². The zero-order valence-corrected chi connectivity index (χ0v) is 14.9. The predicted molar refractivity (Wildman–Crippen MR) is 94.0 cm³/mol. The second kappa shape index (κ2) is 7.97. The van der Waals surface area contributed by atoms with Crippen LogP contribution in [-0.2, 0) is 0 Å². The van der Waals surface area contributed by atoms with Crippen LogP contribution in [0.15, 0.2) is 36.4 Å². The van der Waals surface area contributed by atoms with Gasteiger partial charge in [-0.3, -0.25) is 9.59 Å². The first-order valence-corrected chi connectivity index (χ1v) is 8.04. The molecule has 2 rings (SSSR count). The standard InChI is InChI=1S/C17H13Cl2F3N2O2/c1-9-2-3-10(15(25)23-8-17(20,21)22)6-14(9)24-16(26)12-5-4-11(18)7-13(12)19/h2-7H,8H2,1H3,(H,23,25)(H,24,26). The third-order valence-corrected chi connectivity index (χ3v) is 3.92. The Balaban J connectivity index is 2.19. The minimum Gasteiger partial charge on any atom is -0.343 e. The molecular formula is C17H13Cl2F3N2O2. The van der Waals surface area contributed by atoms with Gasteiger partial charge in [0, 0.05) is 16.3 Å². The molecule has 2 aromatic carbocycles. The largest absolute Gasteiger partial charge is 0.405 e. The maximum absolute atomic E-state index is 12.3. The Morgan fingerprint density at radius 3 is 2.35 bits per heavy atom. The zero-order chi connectivity index (χ0) is 19.5. The van der Waals surface area contributed by atoms with Crippen molar-refractivity contribution in [2.45, 2.75) is 13.1 Å². The predicted octanol–water partition coefficient (Wildman–Crippen LogP) is 4.85. The van der Waals surface area contributed by atoms with Crippen molar-refractivity contribution < 1.29 is 22.8 Å². The van der Waals surface area contributed by atoms with Gasteiger partial charge in [-0.15, -0.1) is 0 Å². The number of hydrogen-bond donors (Lipinski definition) is 2. The Morgan fingerprint density at radius 1 is 1.04 bits per heavy atom. The van der Waals surface area contributed by atoms with Gasteiger partial charge in [-0.05, 0) is 42.8 Å². The summed E-state index contributed by atoms with van der Waals surface area (Å²) in [5.41, 5.74) is 1.05. The van der Waals surface area contributed by atoms with Gasteiger partial charge in [0.25, 0.3) is 11.8 Å². The number of rotatable bonds is 4. The lowest BCUT2D eigenvalue weighted by atomic mass is 10.1. The van der Waals surface area contributed by atoms with Crippen LogP contribution in [0.3, 0.4) is 0 Å². The molecule has 2 aromatic rings. The van der Waals surface area contributed by atoms with Crippen LogP contribution in [0.25, 0.3) is 0 Å². The summed E-state index contributed by atoms with van der Waals surface area (Å²) in [7, 11) is 0. The van der Waals surface area contributed by atoms with Gasteiger partial charge >= 0.3 is 6.18 Å². The van der Waals surface area contributed by atoms with Crippen LogP contribution in [0.1, 0.15) is 26.3 Å². The number of benzene rings is 2. The molecule has 0 fully saturated rings. The SMILES string of the molecule is Cc1ccc(C(=O)NCC(F)(F)F)cc1NC(=O)c1ccc(Cl)cc1Cl. The summed E-state index contributed by atoms with van der Waals surface area (Å²) in [6.07, 6.45) is -4.51. The number of aryl methyl sites for hydroxylation is 1. The third-order valence-electron chi connectivity index (χ3n) is 3.37. The van der Waals surface area contributed by atoms with Crippen molar-refractivity contribution in [2.75, 3.05) is 11.9 Å². The number of carbonyl (C=O) groups is 2. The molecule has 4 nitrogen and oxygen atoms in total. The third kappa shape index (κ3) is 5.37. The van der Waals surface area contributed by atoms with E-state index in [1.54, 1.807) is 12.2 Å². The molecule has 0 heterocycles. The Bertz CT molecular complexity index is 854. The molecule has 0 aliphatic carbocycles. The summed E-state index contributed by atoms with van der Waals surface area (Å²) >= 11 is 11.8. The van der Waals surface area contributed by atoms with Crippen molar-refractivity contribution in [3.8, 4) is 0 Å². The van der Waals surface area contributed by atoms with Crippen molar-refractivity contribution in [2.24, 2.45) is 0 Å². The van der Waals surface area contributed by atoms with Crippen molar-refractivity contribution in [3.63, 3.8) is 0 Å². The van der Waals surface area contributed by atoms with Crippen LogP contribution < -0.4 is 10.6 Å². The molecule has 0 saturated heterocycles. The normalized spacial score (nSPS) is 11.2. The van der Waals surface area contributed by atoms with Crippen molar-refractivity contribution in [1.29, 1.82) is 0 Å². The zero-order valence-electron chi connectivity index (χ0n) is 13.4. The van der Waals surface area contributed by atoms with Gasteiger partial charge < -0.3 is 10.6 Å². The lowest BCUT2D eigenvalue weighted by Gasteiger charge is -2.12. The number of halogens is 5. The van der Waals surface area contributed by atoms with E-state index in [1.807, 2.05) is 0 Å². The topological polar surface area (TPSA) is 58.2 Å². The minimum absolute atomic E-state index is 0.0163. The second-order valence-electron chi connectivity index (χ2n) is 5.41. The average Bonchev–Trinajstić information content (AvgIpc) is 2.53. The first-order valence-electron chi connectivity index (χ1n) is 7.29. The Kier molecular flexibility index (Phi) is 6.15. The number of carbonyl (C=O) groups excluding carboxylic acids is 2. The van der Waals surface area contributed by atoms with E-state index in [2.05, 4.69) is 5.32 Å². The molecule has 0 saturated carbocycles. The first kappa shape index (κ1) is 20.1. The molecule has 0 atom stereocenters. The molecule has 9 heteroatoms. The van der Waals surface area contributed by atoms with Crippen LogP contribution in [-0.4, -0.2) is 24.5 Å². The molecule has 0 aromatic heterocycles. The lowest BCUT2D eigenvalue weighted by molar-refractivity contribution is -0.123. The Morgan fingerprint density at radius 2 is 1.73 bits per heavy atom. The highest BCUT2D eigenvalue weighted by molar-refractivity contribution is 6.37. The fourth-order valence-electron chi connectivity index (χ4n) is 2.04. The van der Waals surface area contributed by atoms with Gasteiger partial charge in [0.2, 0.25) is 0 Å². The quantitative estimate of drug-likeness (QED) is 0.765. The van der Waals surface area contributed by atoms with Gasteiger partial charge in [0.15, 0.2) is 0 Å². The van der Waals surface area contributed by atoms with Crippen molar-refractivity contribution in [3.05, 3.63) is 63.1 Å². The summed E-state index contributed by atoms with van der Waals surface area (Å²) in [6, 6.07) is 8.52. The maximum Gasteiger partial charge on any atom is 0.405 e. The summed E-state index contributed by atoms with van der Waals surface area (Å²) in [5.74, 6) is -1.44. The molecule has 26 heavy (non-hydrogen) atoms. The monoisotopic (exact) mass is 404 g/mol. The fourth-order valence-corrected chi connectivity index (χ4v) is 2.54. The van der Waals surface area contributed by atoms with E-state index in [4.69, 9.17) is 23.2 Å². The highest BCUT2D eigenvalue weighted by Gasteiger charge is 2.28. The van der Waals surface area contributed by atoms with Crippen LogP contribution in [0.2, 0.25) is 10.0 Å². The second-order valence-corrected chi connectivity index (χ2v) is 6.25. The molecule has 0 radical (unpaired) electrons. The maximum atomic E-state index is 12.3. The van der Waals surface area contributed by atoms with Gasteiger partial charge in [0.1, 0.15) is 6.54 Å². The van der Waals surface area contributed by atoms with Crippen molar-refractivity contribution >= 4 is 40.7 Å². The van der Waals surface area contributed by atoms with Crippen LogP contribution in [0.4, 0.5) is 18.9 Å². The molecular weight excluding hydrogens is 392 g/mol. The number of amides is 2. The van der Waals surface area contributed by atoms with E-state index < -0.39 is 24.5 Å². The Labute approximate surface area is 157 Å². The summed E-state index contributed by atoms with van der Waals surface area (Å²) in [5, 5.41) is 4.87. The molecule has 0 aliphatic heterocycles. The van der Waals surface area contributed by atoms with Gasteiger partial charge in [0.05, 0.1) is 10.6 Å². The highest BCUT2D eigenvalue weighted by Crippen LogP contribution is 2.24. The van der Waals surface area contributed by atoms with E-state index in [1.165, 1.54) is 36.4 Å². The van der Waals surface area contributed by atoms with E-state index in [0.717, 1.165) is 0 Å². The number of anilines is 1. The highest BCUT2D eigenvalue weighted by atomic mass is 35.5.